The van der Waals surface area contributed by atoms with Crippen molar-refractivity contribution in [2.45, 2.75) is 43.2 Å². The standard InChI is InChI=1S/C23H30N2O4S/c1-18-4-3-5-21(16-18)29-20-6-8-23(9-7-20)30(26,27)25-14-10-19(11-15-25)24-13-12-22(17-24)28-2/h3-9,16,19,22H,10-15,17H2,1-2H3/t22-/m0/s1. The van der Waals surface area contributed by atoms with Gasteiger partial charge in [-0.25, -0.2) is 8.42 Å². The molecular formula is C23H30N2O4S. The average molecular weight is 431 g/mol. The quantitative estimate of drug-likeness (QED) is 0.700. The van der Waals surface area contributed by atoms with E-state index in [9.17, 15) is 8.42 Å². The lowest BCUT2D eigenvalue weighted by Gasteiger charge is -2.36. The fraction of sp³-hybridized carbons (Fsp3) is 0.478. The van der Waals surface area contributed by atoms with Gasteiger partial charge in [-0.15, -0.1) is 0 Å². The second-order valence-electron chi connectivity index (χ2n) is 8.17. The molecule has 2 aliphatic heterocycles. The normalized spacial score (nSPS) is 21.7. The minimum Gasteiger partial charge on any atom is -0.457 e. The van der Waals surface area contributed by atoms with Gasteiger partial charge in [-0.1, -0.05) is 12.1 Å². The van der Waals surface area contributed by atoms with E-state index in [1.165, 1.54) is 0 Å². The van der Waals surface area contributed by atoms with E-state index in [4.69, 9.17) is 9.47 Å². The molecule has 1 atom stereocenters. The summed E-state index contributed by atoms with van der Waals surface area (Å²) in [5.74, 6) is 1.37. The molecule has 2 saturated heterocycles. The van der Waals surface area contributed by atoms with E-state index in [0.717, 1.165) is 43.7 Å². The van der Waals surface area contributed by atoms with Crippen molar-refractivity contribution in [3.05, 3.63) is 54.1 Å². The third-order valence-corrected chi connectivity index (χ3v) is 8.05. The molecule has 0 aliphatic carbocycles. The number of ether oxygens (including phenoxy) is 2. The summed E-state index contributed by atoms with van der Waals surface area (Å²) in [6.45, 7) is 5.12. The maximum absolute atomic E-state index is 13.1. The predicted octanol–water partition coefficient (Wildman–Crippen LogP) is 3.66. The molecular weight excluding hydrogens is 400 g/mol. The highest BCUT2D eigenvalue weighted by atomic mass is 32.2. The number of methoxy groups -OCH3 is 1. The van der Waals surface area contributed by atoms with E-state index >= 15 is 0 Å². The van der Waals surface area contributed by atoms with Crippen LogP contribution in [0.5, 0.6) is 11.5 Å². The zero-order valence-corrected chi connectivity index (χ0v) is 18.5. The van der Waals surface area contributed by atoms with Crippen LogP contribution >= 0.6 is 0 Å². The van der Waals surface area contributed by atoms with Gasteiger partial charge in [0.15, 0.2) is 0 Å². The average Bonchev–Trinajstić information content (AvgIpc) is 3.24. The summed E-state index contributed by atoms with van der Waals surface area (Å²) < 4.78 is 39.1. The van der Waals surface area contributed by atoms with Crippen LogP contribution in [0.1, 0.15) is 24.8 Å². The van der Waals surface area contributed by atoms with Crippen LogP contribution in [0, 0.1) is 6.92 Å². The molecule has 30 heavy (non-hydrogen) atoms. The van der Waals surface area contributed by atoms with Gasteiger partial charge in [0, 0.05) is 39.3 Å². The van der Waals surface area contributed by atoms with Gasteiger partial charge in [0.05, 0.1) is 11.0 Å². The lowest BCUT2D eigenvalue weighted by Crippen LogP contribution is -2.46. The molecule has 0 bridgehead atoms. The molecule has 7 heteroatoms. The first-order chi connectivity index (χ1) is 14.5. The monoisotopic (exact) mass is 430 g/mol. The van der Waals surface area contributed by atoms with Crippen molar-refractivity contribution in [3.8, 4) is 11.5 Å². The second kappa shape index (κ2) is 9.06. The maximum Gasteiger partial charge on any atom is 0.243 e. The van der Waals surface area contributed by atoms with Crippen molar-refractivity contribution in [3.63, 3.8) is 0 Å². The minimum absolute atomic E-state index is 0.312. The number of hydrogen-bond donors (Lipinski definition) is 0. The fourth-order valence-corrected chi connectivity index (χ4v) is 5.84. The van der Waals surface area contributed by atoms with Crippen LogP contribution in [0.25, 0.3) is 0 Å². The first-order valence-electron chi connectivity index (χ1n) is 10.6. The minimum atomic E-state index is -3.49. The molecule has 0 amide bonds. The second-order valence-corrected chi connectivity index (χ2v) is 10.1. The van der Waals surface area contributed by atoms with Crippen molar-refractivity contribution in [2.75, 3.05) is 33.3 Å². The van der Waals surface area contributed by atoms with Crippen molar-refractivity contribution in [2.24, 2.45) is 0 Å². The molecule has 0 spiro atoms. The van der Waals surface area contributed by atoms with Gasteiger partial charge in [-0.05, 0) is 68.1 Å². The van der Waals surface area contributed by atoms with Gasteiger partial charge in [0.1, 0.15) is 11.5 Å². The molecule has 6 nitrogen and oxygen atoms in total. The Kier molecular flexibility index (Phi) is 6.43. The molecule has 0 unspecified atom stereocenters. The third-order valence-electron chi connectivity index (χ3n) is 6.14. The van der Waals surface area contributed by atoms with E-state index in [0.29, 0.717) is 35.9 Å². The lowest BCUT2D eigenvalue weighted by molar-refractivity contribution is 0.0925. The molecule has 0 aromatic heterocycles. The van der Waals surface area contributed by atoms with Gasteiger partial charge in [-0.3, -0.25) is 4.90 Å². The van der Waals surface area contributed by atoms with Gasteiger partial charge in [0.25, 0.3) is 0 Å². The van der Waals surface area contributed by atoms with Crippen molar-refractivity contribution in [1.29, 1.82) is 0 Å². The SMILES string of the molecule is CO[C@H]1CCN(C2CCN(S(=O)(=O)c3ccc(Oc4cccc(C)c4)cc3)CC2)C1. The van der Waals surface area contributed by atoms with Crippen LogP contribution in [-0.2, 0) is 14.8 Å². The van der Waals surface area contributed by atoms with E-state index < -0.39 is 10.0 Å². The molecule has 0 saturated carbocycles. The number of rotatable bonds is 6. The number of piperidine rings is 1. The highest BCUT2D eigenvalue weighted by Gasteiger charge is 2.34. The summed E-state index contributed by atoms with van der Waals surface area (Å²) in [4.78, 5) is 2.77. The van der Waals surface area contributed by atoms with Crippen LogP contribution in [0.2, 0.25) is 0 Å². The number of aryl methyl sites for hydroxylation is 1. The Balaban J connectivity index is 1.37. The highest BCUT2D eigenvalue weighted by molar-refractivity contribution is 7.89. The van der Waals surface area contributed by atoms with Gasteiger partial charge < -0.3 is 9.47 Å². The van der Waals surface area contributed by atoms with E-state index in [1.807, 2.05) is 31.2 Å². The predicted molar refractivity (Wildman–Crippen MR) is 116 cm³/mol. The van der Waals surface area contributed by atoms with Crippen molar-refractivity contribution < 1.29 is 17.9 Å². The van der Waals surface area contributed by atoms with Crippen LogP contribution in [0.15, 0.2) is 53.4 Å². The molecule has 4 rings (SSSR count). The van der Waals surface area contributed by atoms with Gasteiger partial charge in [-0.2, -0.15) is 4.31 Å². The van der Waals surface area contributed by atoms with Crippen molar-refractivity contribution in [1.82, 2.24) is 9.21 Å². The third kappa shape index (κ3) is 4.70. The molecule has 2 fully saturated rings. The zero-order chi connectivity index (χ0) is 21.1. The summed E-state index contributed by atoms with van der Waals surface area (Å²) in [5.41, 5.74) is 1.11. The Morgan fingerprint density at radius 2 is 1.67 bits per heavy atom. The highest BCUT2D eigenvalue weighted by Crippen LogP contribution is 2.28. The summed E-state index contributed by atoms with van der Waals surface area (Å²) >= 11 is 0. The van der Waals surface area contributed by atoms with Crippen LogP contribution in [-0.4, -0.2) is 63.1 Å². The van der Waals surface area contributed by atoms with Crippen molar-refractivity contribution >= 4 is 10.0 Å². The number of benzene rings is 2. The molecule has 162 valence electrons. The van der Waals surface area contributed by atoms with E-state index in [2.05, 4.69) is 4.90 Å². The Labute approximate surface area is 179 Å². The topological polar surface area (TPSA) is 59.1 Å². The summed E-state index contributed by atoms with van der Waals surface area (Å²) in [7, 11) is -1.72. The van der Waals surface area contributed by atoms with Crippen LogP contribution in [0.4, 0.5) is 0 Å². The van der Waals surface area contributed by atoms with Gasteiger partial charge in [0.2, 0.25) is 10.0 Å². The zero-order valence-electron chi connectivity index (χ0n) is 17.7. The molecule has 2 aromatic rings. The molecule has 0 radical (unpaired) electrons. The Hall–Kier alpha value is -1.93. The van der Waals surface area contributed by atoms with Crippen LogP contribution < -0.4 is 4.74 Å². The molecule has 2 aromatic carbocycles. The van der Waals surface area contributed by atoms with Gasteiger partial charge >= 0.3 is 0 Å². The largest absolute Gasteiger partial charge is 0.457 e. The van der Waals surface area contributed by atoms with Crippen LogP contribution in [0.3, 0.4) is 0 Å². The smallest absolute Gasteiger partial charge is 0.243 e. The number of nitrogens with zero attached hydrogens (tertiary/aromatic N) is 2. The first kappa shape index (κ1) is 21.3. The lowest BCUT2D eigenvalue weighted by atomic mass is 10.1. The maximum atomic E-state index is 13.1. The first-order valence-corrected chi connectivity index (χ1v) is 12.0. The summed E-state index contributed by atoms with van der Waals surface area (Å²) in [5, 5.41) is 0. The molecule has 0 N–H and O–H groups in total. The fourth-order valence-electron chi connectivity index (χ4n) is 4.37. The number of likely N-dealkylation sites (tertiary alicyclic amines) is 1. The molecule has 2 heterocycles. The number of sulfonamides is 1. The Bertz CT molecular complexity index is 953. The Morgan fingerprint density at radius 1 is 0.933 bits per heavy atom. The number of hydrogen-bond acceptors (Lipinski definition) is 5. The van der Waals surface area contributed by atoms with E-state index in [-0.39, 0.29) is 0 Å². The Morgan fingerprint density at radius 3 is 2.30 bits per heavy atom. The summed E-state index contributed by atoms with van der Waals surface area (Å²) in [6.07, 6.45) is 3.10. The summed E-state index contributed by atoms with van der Waals surface area (Å²) in [6, 6.07) is 14.9. The molecule has 2 aliphatic rings. The van der Waals surface area contributed by atoms with E-state index in [1.54, 1.807) is 35.7 Å².